The molecule has 0 amide bonds. The van der Waals surface area contributed by atoms with Crippen LogP contribution in [-0.4, -0.2) is 54.6 Å². The average Bonchev–Trinajstić information content (AvgIpc) is 2.59. The van der Waals surface area contributed by atoms with E-state index in [1.165, 1.54) is 18.1 Å². The van der Waals surface area contributed by atoms with Crippen molar-refractivity contribution in [1.82, 2.24) is 4.90 Å². The number of hydrogen-bond donors (Lipinski definition) is 0. The van der Waals surface area contributed by atoms with E-state index in [2.05, 4.69) is 46.4 Å². The quantitative estimate of drug-likeness (QED) is 0.458. The second-order valence-electron chi connectivity index (χ2n) is 5.35. The highest BCUT2D eigenvalue weighted by atomic mass is 16.3. The molecule has 4 heteroatoms. The van der Waals surface area contributed by atoms with Gasteiger partial charge in [-0.05, 0) is 41.5 Å². The minimum atomic E-state index is 0.0718. The molecule has 0 saturated carbocycles. The third kappa shape index (κ3) is 6.61. The van der Waals surface area contributed by atoms with Crippen LogP contribution < -0.4 is 5.11 Å². The summed E-state index contributed by atoms with van der Waals surface area (Å²) in [6.07, 6.45) is 0. The summed E-state index contributed by atoms with van der Waals surface area (Å²) in [6, 6.07) is 8.33. The van der Waals surface area contributed by atoms with Crippen LogP contribution in [0.15, 0.2) is 35.3 Å². The number of rotatable bonds is 6. The number of guanidine groups is 1. The first-order chi connectivity index (χ1) is 11.0. The van der Waals surface area contributed by atoms with Crippen LogP contribution in [0.25, 0.3) is 0 Å². The van der Waals surface area contributed by atoms with Gasteiger partial charge in [-0.25, -0.2) is 4.99 Å². The van der Waals surface area contributed by atoms with Gasteiger partial charge in [-0.3, -0.25) is 4.48 Å². The first-order valence-electron chi connectivity index (χ1n) is 8.93. The Hall–Kier alpha value is -1.55. The molecule has 1 aromatic rings. The van der Waals surface area contributed by atoms with E-state index in [0.29, 0.717) is 0 Å². The highest BCUT2D eigenvalue weighted by Gasteiger charge is 2.32. The molecule has 0 spiro atoms. The van der Waals surface area contributed by atoms with Gasteiger partial charge in [0.1, 0.15) is 0 Å². The highest BCUT2D eigenvalue weighted by molar-refractivity contribution is 5.73. The van der Waals surface area contributed by atoms with E-state index in [0.717, 1.165) is 43.8 Å². The van der Waals surface area contributed by atoms with Crippen molar-refractivity contribution in [1.29, 1.82) is 0 Å². The summed E-state index contributed by atoms with van der Waals surface area (Å²) in [5, 5.41) is 10.3. The van der Waals surface area contributed by atoms with Gasteiger partial charge in [-0.1, -0.05) is 30.3 Å². The molecular formula is C19H35N3O. The minimum absolute atomic E-state index is 0.0718. The van der Waals surface area contributed by atoms with Crippen LogP contribution in [0.1, 0.15) is 41.5 Å². The Labute approximate surface area is 143 Å². The fraction of sp³-hybridized carbons (Fsp3) is 0.632. The van der Waals surface area contributed by atoms with E-state index in [-0.39, 0.29) is 5.75 Å². The molecule has 0 N–H and O–H groups in total. The summed E-state index contributed by atoms with van der Waals surface area (Å²) in [6.45, 7) is 19.7. The Morgan fingerprint density at radius 3 is 1.65 bits per heavy atom. The maximum Gasteiger partial charge on any atom is 0.300 e. The number of benzene rings is 1. The van der Waals surface area contributed by atoms with E-state index in [1.54, 1.807) is 12.1 Å². The van der Waals surface area contributed by atoms with Crippen LogP contribution in [0.5, 0.6) is 5.75 Å². The molecule has 0 fully saturated rings. The molecule has 0 aromatic heterocycles. The maximum absolute atomic E-state index is 10.3. The van der Waals surface area contributed by atoms with Gasteiger partial charge in [0.2, 0.25) is 0 Å². The molecule has 0 aliphatic rings. The summed E-state index contributed by atoms with van der Waals surface area (Å²) in [5.41, 5.74) is 0. The van der Waals surface area contributed by atoms with E-state index in [9.17, 15) is 5.11 Å². The summed E-state index contributed by atoms with van der Waals surface area (Å²) in [7, 11) is 0. The zero-order valence-corrected chi connectivity index (χ0v) is 15.9. The summed E-state index contributed by atoms with van der Waals surface area (Å²) in [4.78, 5) is 7.17. The van der Waals surface area contributed by atoms with Crippen molar-refractivity contribution in [3.63, 3.8) is 0 Å². The Kier molecular flexibility index (Phi) is 11.1. The molecule has 0 aliphatic carbocycles. The lowest BCUT2D eigenvalue weighted by Crippen LogP contribution is -2.59. The lowest BCUT2D eigenvalue weighted by Gasteiger charge is -2.39. The number of nitrogens with zero attached hydrogens (tertiary/aromatic N) is 3. The first-order valence-corrected chi connectivity index (χ1v) is 8.93. The Morgan fingerprint density at radius 1 is 0.913 bits per heavy atom. The van der Waals surface area contributed by atoms with E-state index in [4.69, 9.17) is 4.99 Å². The van der Waals surface area contributed by atoms with Gasteiger partial charge in [0, 0.05) is 19.6 Å². The molecule has 0 heterocycles. The molecule has 0 aliphatic heterocycles. The maximum atomic E-state index is 10.3. The van der Waals surface area contributed by atoms with Gasteiger partial charge in [0.25, 0.3) is 5.96 Å². The highest BCUT2D eigenvalue weighted by Crippen LogP contribution is 2.12. The molecule has 132 valence electrons. The molecule has 0 radical (unpaired) electrons. The van der Waals surface area contributed by atoms with Crippen LogP contribution >= 0.6 is 0 Å². The molecule has 0 saturated heterocycles. The Bertz CT molecular complexity index is 415. The van der Waals surface area contributed by atoms with Gasteiger partial charge in [0.15, 0.2) is 0 Å². The average molecular weight is 322 g/mol. The summed E-state index contributed by atoms with van der Waals surface area (Å²) in [5.74, 6) is 1.35. The summed E-state index contributed by atoms with van der Waals surface area (Å²) >= 11 is 0. The molecule has 1 rings (SSSR count). The van der Waals surface area contributed by atoms with Crippen LogP contribution in [0.3, 0.4) is 0 Å². The van der Waals surface area contributed by atoms with Crippen molar-refractivity contribution < 1.29 is 9.59 Å². The molecule has 4 nitrogen and oxygen atoms in total. The standard InChI is InChI=1S/C13H30N3.C6H6O/c1-7-14-13(15(8-2)9-3)16(10-4,11-5)12-6;7-6-4-2-1-3-5-6/h7-12H2,1-6H3;1-5,7H/q+1;/p-1. The van der Waals surface area contributed by atoms with E-state index < -0.39 is 0 Å². The topological polar surface area (TPSA) is 38.7 Å². The lowest BCUT2D eigenvalue weighted by atomic mass is 10.3. The van der Waals surface area contributed by atoms with Gasteiger partial charge < -0.3 is 10.0 Å². The molecule has 0 atom stereocenters. The molecular weight excluding hydrogens is 286 g/mol. The van der Waals surface area contributed by atoms with Crippen molar-refractivity contribution in [2.24, 2.45) is 4.99 Å². The number of para-hydroxylation sites is 1. The molecule has 23 heavy (non-hydrogen) atoms. The third-order valence-electron chi connectivity index (χ3n) is 4.33. The Balaban J connectivity index is 0.000000568. The Morgan fingerprint density at radius 2 is 1.39 bits per heavy atom. The van der Waals surface area contributed by atoms with Crippen LogP contribution in [0.4, 0.5) is 0 Å². The summed E-state index contributed by atoms with van der Waals surface area (Å²) < 4.78 is 1.01. The second-order valence-corrected chi connectivity index (χ2v) is 5.35. The first kappa shape index (κ1) is 21.4. The van der Waals surface area contributed by atoms with Crippen LogP contribution in [0, 0.1) is 0 Å². The fourth-order valence-corrected chi connectivity index (χ4v) is 2.71. The van der Waals surface area contributed by atoms with Crippen LogP contribution in [-0.2, 0) is 0 Å². The van der Waals surface area contributed by atoms with Crippen molar-refractivity contribution in [3.8, 4) is 5.75 Å². The number of hydrogen-bond acceptors (Lipinski definition) is 2. The van der Waals surface area contributed by atoms with E-state index >= 15 is 0 Å². The molecule has 0 bridgehead atoms. The van der Waals surface area contributed by atoms with Gasteiger partial charge in [-0.15, -0.1) is 5.75 Å². The fourth-order valence-electron chi connectivity index (χ4n) is 2.71. The van der Waals surface area contributed by atoms with Crippen molar-refractivity contribution in [2.75, 3.05) is 39.3 Å². The largest absolute Gasteiger partial charge is 0.872 e. The van der Waals surface area contributed by atoms with Gasteiger partial charge in [0.05, 0.1) is 19.6 Å². The number of aliphatic imine (C=N–C) groups is 1. The zero-order valence-electron chi connectivity index (χ0n) is 15.9. The lowest BCUT2D eigenvalue weighted by molar-refractivity contribution is -0.841. The molecule has 1 aromatic carbocycles. The monoisotopic (exact) mass is 321 g/mol. The van der Waals surface area contributed by atoms with Gasteiger partial charge in [-0.2, -0.15) is 0 Å². The van der Waals surface area contributed by atoms with Gasteiger partial charge >= 0.3 is 0 Å². The minimum Gasteiger partial charge on any atom is -0.872 e. The van der Waals surface area contributed by atoms with Crippen molar-refractivity contribution >= 4 is 5.96 Å². The van der Waals surface area contributed by atoms with Crippen molar-refractivity contribution in [3.05, 3.63) is 30.3 Å². The third-order valence-corrected chi connectivity index (χ3v) is 4.33. The number of quaternary nitrogens is 1. The van der Waals surface area contributed by atoms with Crippen molar-refractivity contribution in [2.45, 2.75) is 41.5 Å². The van der Waals surface area contributed by atoms with E-state index in [1.807, 2.05) is 6.07 Å². The van der Waals surface area contributed by atoms with Crippen LogP contribution in [0.2, 0.25) is 0 Å². The zero-order chi connectivity index (χ0) is 17.7. The normalized spacial score (nSPS) is 11.7. The predicted octanol–water partition coefficient (Wildman–Crippen LogP) is 3.34. The smallest absolute Gasteiger partial charge is 0.300 e. The molecule has 0 unspecified atom stereocenters. The SMILES string of the molecule is CCN=C(N(CC)CC)[N+](CC)(CC)CC.[O-]c1ccccc1. The second kappa shape index (κ2) is 11.9. The predicted molar refractivity (Wildman–Crippen MR) is 98.7 cm³/mol.